The number of imide groups is 2. The average Bonchev–Trinajstić information content (AvgIpc) is 3.12. The molecule has 0 radical (unpaired) electrons. The molecule has 0 bridgehead atoms. The maximum absolute atomic E-state index is 14.5. The van der Waals surface area contributed by atoms with E-state index in [0.717, 1.165) is 103 Å². The van der Waals surface area contributed by atoms with Crippen LogP contribution in [0.4, 0.5) is 0 Å². The lowest BCUT2D eigenvalue weighted by molar-refractivity contribution is 0.0554. The minimum Gasteiger partial charge on any atom is -0.274 e. The highest BCUT2D eigenvalue weighted by molar-refractivity contribution is 9.13. The second-order valence-corrected chi connectivity index (χ2v) is 18.2. The standard InChI is InChI=1S/C42H58Br4N2O4/c1-5-9-13-17-21-27(22-18-14-10-6-2)25-47-39(49)31-29-30-33(37(45)35(31)43)41(51)48(42(52)34(30)38(46)36(44)32(29)40(47)50)26-28(23-19-15-11-7-3)24-20-16-12-8-4/h27-28H,5-26H2,1-4H3. The molecule has 0 fully saturated rings. The van der Waals surface area contributed by atoms with E-state index >= 15 is 0 Å². The molecule has 4 amide bonds. The van der Waals surface area contributed by atoms with E-state index in [1.54, 1.807) is 0 Å². The number of hydrogen-bond donors (Lipinski definition) is 0. The first kappa shape index (κ1) is 43.6. The van der Waals surface area contributed by atoms with Gasteiger partial charge in [0, 0.05) is 41.8 Å². The van der Waals surface area contributed by atoms with Gasteiger partial charge in [0.15, 0.2) is 0 Å². The van der Waals surface area contributed by atoms with E-state index in [-0.39, 0.29) is 35.5 Å². The highest BCUT2D eigenvalue weighted by atomic mass is 79.9. The molecule has 0 spiro atoms. The Hall–Kier alpha value is -1.10. The van der Waals surface area contributed by atoms with Crippen molar-refractivity contribution in [1.29, 1.82) is 0 Å². The quantitative estimate of drug-likeness (QED) is 0.0776. The molecule has 288 valence electrons. The van der Waals surface area contributed by atoms with Crippen LogP contribution in [0.3, 0.4) is 0 Å². The number of halogens is 4. The van der Waals surface area contributed by atoms with Crippen molar-refractivity contribution in [3.05, 3.63) is 40.1 Å². The highest BCUT2D eigenvalue weighted by Gasteiger charge is 2.45. The van der Waals surface area contributed by atoms with E-state index in [2.05, 4.69) is 91.4 Å². The van der Waals surface area contributed by atoms with Crippen LogP contribution in [0, 0.1) is 11.8 Å². The molecule has 2 aromatic carbocycles. The first-order valence-corrected chi connectivity index (χ1v) is 23.3. The minimum atomic E-state index is -0.384. The lowest BCUT2D eigenvalue weighted by Crippen LogP contribution is -2.46. The van der Waals surface area contributed by atoms with Crippen molar-refractivity contribution in [3.63, 3.8) is 0 Å². The Morgan fingerprint density at radius 3 is 0.827 bits per heavy atom. The summed E-state index contributed by atoms with van der Waals surface area (Å²) in [5, 5.41) is 0.752. The lowest BCUT2D eigenvalue weighted by atomic mass is 9.84. The average molecular weight is 975 g/mol. The molecule has 0 N–H and O–H groups in total. The van der Waals surface area contributed by atoms with Crippen LogP contribution in [-0.4, -0.2) is 46.5 Å². The van der Waals surface area contributed by atoms with Gasteiger partial charge in [0.2, 0.25) is 0 Å². The summed E-state index contributed by atoms with van der Waals surface area (Å²) >= 11 is 14.8. The van der Waals surface area contributed by atoms with Crippen LogP contribution >= 0.6 is 63.7 Å². The number of rotatable bonds is 24. The predicted molar refractivity (Wildman–Crippen MR) is 227 cm³/mol. The molecular formula is C42H58Br4N2O4. The molecule has 0 atom stereocenters. The fourth-order valence-electron chi connectivity index (χ4n) is 8.10. The number of carbonyl (C=O) groups excluding carboxylic acids is 4. The van der Waals surface area contributed by atoms with Gasteiger partial charge in [-0.05, 0) is 101 Å². The zero-order chi connectivity index (χ0) is 37.9. The molecule has 52 heavy (non-hydrogen) atoms. The summed E-state index contributed by atoms with van der Waals surface area (Å²) in [6, 6.07) is 0. The van der Waals surface area contributed by atoms with Gasteiger partial charge < -0.3 is 0 Å². The van der Waals surface area contributed by atoms with Crippen LogP contribution in [0.1, 0.15) is 198 Å². The number of amides is 4. The molecule has 10 heteroatoms. The molecule has 0 unspecified atom stereocenters. The molecule has 2 aliphatic rings. The van der Waals surface area contributed by atoms with Gasteiger partial charge in [-0.3, -0.25) is 29.0 Å². The van der Waals surface area contributed by atoms with Crippen molar-refractivity contribution in [3.8, 4) is 0 Å². The molecule has 2 aliphatic heterocycles. The van der Waals surface area contributed by atoms with Crippen LogP contribution in [0.15, 0.2) is 17.9 Å². The van der Waals surface area contributed by atoms with Gasteiger partial charge in [-0.15, -0.1) is 0 Å². The lowest BCUT2D eigenvalue weighted by Gasteiger charge is -2.36. The number of benzene rings is 2. The van der Waals surface area contributed by atoms with Crippen molar-refractivity contribution in [2.45, 2.75) is 156 Å². The van der Waals surface area contributed by atoms with Crippen LogP contribution in [0.25, 0.3) is 10.8 Å². The van der Waals surface area contributed by atoms with Crippen molar-refractivity contribution < 1.29 is 19.2 Å². The first-order chi connectivity index (χ1) is 25.0. The summed E-state index contributed by atoms with van der Waals surface area (Å²) in [6.45, 7) is 9.50. The summed E-state index contributed by atoms with van der Waals surface area (Å²) in [7, 11) is 0. The minimum absolute atomic E-state index is 0.203. The zero-order valence-corrected chi connectivity index (χ0v) is 38.1. The monoisotopic (exact) mass is 970 g/mol. The van der Waals surface area contributed by atoms with E-state index in [0.29, 0.717) is 64.0 Å². The third kappa shape index (κ3) is 9.82. The van der Waals surface area contributed by atoms with Crippen molar-refractivity contribution in [2.24, 2.45) is 11.8 Å². The largest absolute Gasteiger partial charge is 0.274 e. The van der Waals surface area contributed by atoms with Gasteiger partial charge in [-0.1, -0.05) is 130 Å². The maximum atomic E-state index is 14.5. The summed E-state index contributed by atoms with van der Waals surface area (Å²) in [5.74, 6) is -1.13. The van der Waals surface area contributed by atoms with Crippen molar-refractivity contribution >= 4 is 98.1 Å². The van der Waals surface area contributed by atoms with Crippen molar-refractivity contribution in [2.75, 3.05) is 13.1 Å². The van der Waals surface area contributed by atoms with Gasteiger partial charge in [-0.25, -0.2) is 0 Å². The van der Waals surface area contributed by atoms with Gasteiger partial charge in [0.1, 0.15) is 0 Å². The molecule has 4 rings (SSSR count). The van der Waals surface area contributed by atoms with Gasteiger partial charge >= 0.3 is 0 Å². The molecule has 0 saturated carbocycles. The third-order valence-electron chi connectivity index (χ3n) is 11.1. The van der Waals surface area contributed by atoms with E-state index in [1.165, 1.54) is 35.5 Å². The molecule has 2 heterocycles. The third-order valence-corrected chi connectivity index (χ3v) is 15.3. The topological polar surface area (TPSA) is 74.8 Å². The van der Waals surface area contributed by atoms with Gasteiger partial charge in [-0.2, -0.15) is 0 Å². The van der Waals surface area contributed by atoms with Crippen molar-refractivity contribution in [1.82, 2.24) is 9.80 Å². The fraction of sp³-hybridized carbons (Fsp3) is 0.667. The SMILES string of the molecule is CCCCCCC(CCCCCC)CN1C(=O)c2c(Br)c(Br)c3c4c(c(Br)c(Br)c(c24)C1=O)C(=O)N(CC(CCCCCC)CCCCCC)C3=O. The van der Waals surface area contributed by atoms with Gasteiger partial charge in [0.25, 0.3) is 23.6 Å². The van der Waals surface area contributed by atoms with Crippen LogP contribution in [-0.2, 0) is 0 Å². The summed E-state index contributed by atoms with van der Waals surface area (Å²) in [4.78, 5) is 60.9. The Morgan fingerprint density at radius 1 is 0.385 bits per heavy atom. The Balaban J connectivity index is 1.74. The van der Waals surface area contributed by atoms with E-state index in [4.69, 9.17) is 0 Å². The second kappa shape index (κ2) is 21.3. The van der Waals surface area contributed by atoms with Gasteiger partial charge in [0.05, 0.1) is 22.3 Å². The first-order valence-electron chi connectivity index (χ1n) is 20.1. The molecule has 0 aliphatic carbocycles. The fourth-order valence-corrected chi connectivity index (χ4v) is 10.4. The van der Waals surface area contributed by atoms with Crippen LogP contribution in [0.2, 0.25) is 0 Å². The summed E-state index contributed by atoms with van der Waals surface area (Å²) in [6.07, 6.45) is 22.1. The number of carbonyl (C=O) groups is 4. The zero-order valence-electron chi connectivity index (χ0n) is 31.8. The Morgan fingerprint density at radius 2 is 0.615 bits per heavy atom. The van der Waals surface area contributed by atoms with E-state index < -0.39 is 0 Å². The Labute approximate surface area is 345 Å². The smallest absolute Gasteiger partial charge is 0.262 e. The number of unbranched alkanes of at least 4 members (excludes halogenated alkanes) is 12. The normalized spacial score (nSPS) is 14.3. The number of nitrogens with zero attached hydrogens (tertiary/aromatic N) is 2. The highest BCUT2D eigenvalue weighted by Crippen LogP contribution is 2.51. The molecule has 6 nitrogen and oxygen atoms in total. The summed E-state index contributed by atoms with van der Waals surface area (Å²) < 4.78 is 1.78. The van der Waals surface area contributed by atoms with E-state index in [9.17, 15) is 19.2 Å². The predicted octanol–water partition coefficient (Wildman–Crippen LogP) is 14.2. The maximum Gasteiger partial charge on any atom is 0.262 e. The second-order valence-electron chi connectivity index (χ2n) is 15.1. The number of hydrogen-bond acceptors (Lipinski definition) is 4. The van der Waals surface area contributed by atoms with Crippen LogP contribution in [0.5, 0.6) is 0 Å². The molecular weight excluding hydrogens is 916 g/mol. The molecule has 0 aromatic heterocycles. The van der Waals surface area contributed by atoms with Crippen LogP contribution < -0.4 is 0 Å². The van der Waals surface area contributed by atoms with E-state index in [1.807, 2.05) is 0 Å². The summed E-state index contributed by atoms with van der Waals surface area (Å²) in [5.41, 5.74) is 1.29. The Bertz CT molecular complexity index is 1390. The molecule has 0 saturated heterocycles. The Kier molecular flexibility index (Phi) is 17.8. The molecule has 2 aromatic rings.